The van der Waals surface area contributed by atoms with E-state index in [1.807, 2.05) is 6.07 Å². The lowest BCUT2D eigenvalue weighted by atomic mass is 10.1. The second-order valence-electron chi connectivity index (χ2n) is 4.72. The molecular formula is C14H21N3O. The molecule has 4 nitrogen and oxygen atoms in total. The largest absolute Gasteiger partial charge is 0.397 e. The molecule has 0 spiro atoms. The average Bonchev–Trinajstić information content (AvgIpc) is 2.35. The molecule has 0 atom stereocenters. The van der Waals surface area contributed by atoms with Crippen LogP contribution in [0.25, 0.3) is 0 Å². The first-order valence-corrected chi connectivity index (χ1v) is 6.12. The van der Waals surface area contributed by atoms with E-state index in [2.05, 4.69) is 24.8 Å². The fraction of sp³-hybridized carbons (Fsp3) is 0.500. The average molecular weight is 247 g/mol. The smallest absolute Gasteiger partial charge is 0.0992 e. The Balaban J connectivity index is 2.99. The molecule has 4 heteroatoms. The van der Waals surface area contributed by atoms with Gasteiger partial charge < -0.3 is 15.4 Å². The predicted molar refractivity (Wildman–Crippen MR) is 74.5 cm³/mol. The molecule has 1 aromatic rings. The number of anilines is 2. The molecule has 0 heterocycles. The normalized spacial score (nSPS) is 10.4. The molecule has 0 unspecified atom stereocenters. The molecule has 18 heavy (non-hydrogen) atoms. The zero-order chi connectivity index (χ0) is 13.5. The molecule has 0 aromatic heterocycles. The maximum absolute atomic E-state index is 8.96. The van der Waals surface area contributed by atoms with Crippen molar-refractivity contribution in [3.8, 4) is 6.07 Å². The summed E-state index contributed by atoms with van der Waals surface area (Å²) in [4.78, 5) is 2.17. The number of hydrogen-bond acceptors (Lipinski definition) is 4. The Kier molecular flexibility index (Phi) is 5.47. The van der Waals surface area contributed by atoms with Gasteiger partial charge >= 0.3 is 0 Å². The monoisotopic (exact) mass is 247 g/mol. The van der Waals surface area contributed by atoms with Crippen LogP contribution in [0.2, 0.25) is 0 Å². The molecule has 0 aliphatic rings. The number of nitrogens with zero attached hydrogens (tertiary/aromatic N) is 2. The van der Waals surface area contributed by atoms with Gasteiger partial charge in [0.2, 0.25) is 0 Å². The summed E-state index contributed by atoms with van der Waals surface area (Å²) < 4.78 is 5.12. The molecule has 0 fully saturated rings. The van der Waals surface area contributed by atoms with Crippen molar-refractivity contribution >= 4 is 11.4 Å². The van der Waals surface area contributed by atoms with Gasteiger partial charge in [0.1, 0.15) is 0 Å². The van der Waals surface area contributed by atoms with Crippen LogP contribution in [0.4, 0.5) is 11.4 Å². The van der Waals surface area contributed by atoms with Gasteiger partial charge in [0.25, 0.3) is 0 Å². The Morgan fingerprint density at radius 3 is 2.72 bits per heavy atom. The van der Waals surface area contributed by atoms with Crippen LogP contribution in [0.1, 0.15) is 19.4 Å². The Morgan fingerprint density at radius 2 is 2.17 bits per heavy atom. The van der Waals surface area contributed by atoms with E-state index in [-0.39, 0.29) is 0 Å². The van der Waals surface area contributed by atoms with Gasteiger partial charge in [0.05, 0.1) is 29.6 Å². The Hall–Kier alpha value is -1.73. The summed E-state index contributed by atoms with van der Waals surface area (Å²) in [5.41, 5.74) is 8.25. The number of nitrogen functional groups attached to an aromatic ring is 1. The van der Waals surface area contributed by atoms with E-state index in [9.17, 15) is 0 Å². The fourth-order valence-corrected chi connectivity index (χ4v) is 1.84. The van der Waals surface area contributed by atoms with Crippen molar-refractivity contribution in [1.82, 2.24) is 0 Å². The molecule has 0 aliphatic heterocycles. The van der Waals surface area contributed by atoms with Crippen LogP contribution in [0.5, 0.6) is 0 Å². The molecule has 98 valence electrons. The third kappa shape index (κ3) is 3.94. The van der Waals surface area contributed by atoms with E-state index in [0.29, 0.717) is 23.8 Å². The lowest BCUT2D eigenvalue weighted by Gasteiger charge is -2.27. The van der Waals surface area contributed by atoms with E-state index in [1.165, 1.54) is 0 Å². The first-order chi connectivity index (χ1) is 8.58. The minimum absolute atomic E-state index is 0.520. The van der Waals surface area contributed by atoms with Crippen LogP contribution in [-0.2, 0) is 4.74 Å². The van der Waals surface area contributed by atoms with Crippen molar-refractivity contribution in [1.29, 1.82) is 5.26 Å². The van der Waals surface area contributed by atoms with Gasteiger partial charge in [-0.25, -0.2) is 0 Å². The van der Waals surface area contributed by atoms with Gasteiger partial charge in [0.15, 0.2) is 0 Å². The maximum Gasteiger partial charge on any atom is 0.0992 e. The fourth-order valence-electron chi connectivity index (χ4n) is 1.84. The highest BCUT2D eigenvalue weighted by Gasteiger charge is 2.12. The topological polar surface area (TPSA) is 62.3 Å². The van der Waals surface area contributed by atoms with Gasteiger partial charge in [-0.1, -0.05) is 13.8 Å². The molecule has 0 saturated carbocycles. The third-order valence-corrected chi connectivity index (χ3v) is 2.65. The summed E-state index contributed by atoms with van der Waals surface area (Å²) in [5, 5.41) is 8.96. The highest BCUT2D eigenvalue weighted by molar-refractivity contribution is 5.69. The SMILES string of the molecule is COCCN(CC(C)C)c1cc(C#N)ccc1N. The van der Waals surface area contributed by atoms with Crippen LogP contribution in [0.3, 0.4) is 0 Å². The number of hydrogen-bond donors (Lipinski definition) is 1. The van der Waals surface area contributed by atoms with Gasteiger partial charge in [0, 0.05) is 20.2 Å². The summed E-state index contributed by atoms with van der Waals surface area (Å²) in [5.74, 6) is 0.520. The van der Waals surface area contributed by atoms with Crippen molar-refractivity contribution in [2.24, 2.45) is 5.92 Å². The number of nitrogens with two attached hydrogens (primary N) is 1. The first-order valence-electron chi connectivity index (χ1n) is 6.12. The van der Waals surface area contributed by atoms with Gasteiger partial charge in [-0.05, 0) is 24.1 Å². The summed E-state index contributed by atoms with van der Waals surface area (Å²) in [6.45, 7) is 6.62. The first kappa shape index (κ1) is 14.3. The van der Waals surface area contributed by atoms with E-state index in [4.69, 9.17) is 15.7 Å². The molecule has 0 aliphatic carbocycles. The number of ether oxygens (including phenoxy) is 1. The number of rotatable bonds is 6. The summed E-state index contributed by atoms with van der Waals surface area (Å²) in [6, 6.07) is 7.51. The Morgan fingerprint density at radius 1 is 1.44 bits per heavy atom. The molecular weight excluding hydrogens is 226 g/mol. The second-order valence-corrected chi connectivity index (χ2v) is 4.72. The quantitative estimate of drug-likeness (QED) is 0.783. The van der Waals surface area contributed by atoms with E-state index in [1.54, 1.807) is 19.2 Å². The lowest BCUT2D eigenvalue weighted by Crippen LogP contribution is -2.31. The van der Waals surface area contributed by atoms with Gasteiger partial charge in [-0.2, -0.15) is 5.26 Å². The van der Waals surface area contributed by atoms with Crippen LogP contribution < -0.4 is 10.6 Å². The Bertz CT molecular complexity index is 424. The summed E-state index contributed by atoms with van der Waals surface area (Å²) in [7, 11) is 1.68. The zero-order valence-electron chi connectivity index (χ0n) is 11.3. The maximum atomic E-state index is 8.96. The zero-order valence-corrected chi connectivity index (χ0v) is 11.3. The Labute approximate surface area is 109 Å². The molecule has 2 N–H and O–H groups in total. The van der Waals surface area contributed by atoms with Gasteiger partial charge in [-0.3, -0.25) is 0 Å². The minimum Gasteiger partial charge on any atom is -0.397 e. The van der Waals surface area contributed by atoms with Crippen LogP contribution in [0.15, 0.2) is 18.2 Å². The van der Waals surface area contributed by atoms with Crippen molar-refractivity contribution in [2.75, 3.05) is 37.4 Å². The number of nitriles is 1. The van der Waals surface area contributed by atoms with Gasteiger partial charge in [-0.15, -0.1) is 0 Å². The molecule has 0 radical (unpaired) electrons. The lowest BCUT2D eigenvalue weighted by molar-refractivity contribution is 0.204. The van der Waals surface area contributed by atoms with Crippen molar-refractivity contribution < 1.29 is 4.74 Å². The highest BCUT2D eigenvalue weighted by Crippen LogP contribution is 2.25. The second kappa shape index (κ2) is 6.87. The van der Waals surface area contributed by atoms with Crippen molar-refractivity contribution in [2.45, 2.75) is 13.8 Å². The van der Waals surface area contributed by atoms with Crippen molar-refractivity contribution in [3.63, 3.8) is 0 Å². The predicted octanol–water partition coefficient (Wildman–Crippen LogP) is 2.25. The summed E-state index contributed by atoms with van der Waals surface area (Å²) >= 11 is 0. The molecule has 0 amide bonds. The van der Waals surface area contributed by atoms with E-state index in [0.717, 1.165) is 18.8 Å². The molecule has 0 saturated heterocycles. The van der Waals surface area contributed by atoms with Crippen molar-refractivity contribution in [3.05, 3.63) is 23.8 Å². The third-order valence-electron chi connectivity index (χ3n) is 2.65. The summed E-state index contributed by atoms with van der Waals surface area (Å²) in [6.07, 6.45) is 0. The van der Waals surface area contributed by atoms with E-state index >= 15 is 0 Å². The molecule has 0 bridgehead atoms. The standard InChI is InChI=1S/C14H21N3O/c1-11(2)10-17(6-7-18-3)14-8-12(9-15)4-5-13(14)16/h4-5,8,11H,6-7,10,16H2,1-3H3. The van der Waals surface area contributed by atoms with Crippen LogP contribution in [-0.4, -0.2) is 26.8 Å². The molecule has 1 aromatic carbocycles. The number of benzene rings is 1. The van der Waals surface area contributed by atoms with E-state index < -0.39 is 0 Å². The molecule has 1 rings (SSSR count). The van der Waals surface area contributed by atoms with Crippen LogP contribution in [0, 0.1) is 17.2 Å². The highest BCUT2D eigenvalue weighted by atomic mass is 16.5. The van der Waals surface area contributed by atoms with Crippen LogP contribution >= 0.6 is 0 Å². The number of methoxy groups -OCH3 is 1. The minimum atomic E-state index is 0.520.